The van der Waals surface area contributed by atoms with Crippen LogP contribution < -0.4 is 10.1 Å². The third kappa shape index (κ3) is 5.95. The average molecular weight is 382 g/mol. The summed E-state index contributed by atoms with van der Waals surface area (Å²) in [4.78, 5) is 25.0. The molecule has 0 aromatic heterocycles. The SMILES string of the molecule is COc1ccc([C@H](CC(=O)C(=O)NC(C)(C)C)c2ccc(C(C)C)cc2)cc1. The molecule has 0 spiro atoms. The van der Waals surface area contributed by atoms with Crippen LogP contribution in [0.1, 0.15) is 69.6 Å². The first-order valence-electron chi connectivity index (χ1n) is 9.70. The predicted octanol–water partition coefficient (Wildman–Crippen LogP) is 4.82. The molecule has 4 nitrogen and oxygen atoms in total. The second-order valence-electron chi connectivity index (χ2n) is 8.48. The van der Waals surface area contributed by atoms with Crippen molar-refractivity contribution in [2.75, 3.05) is 7.11 Å². The van der Waals surface area contributed by atoms with E-state index in [0.717, 1.165) is 16.9 Å². The maximum absolute atomic E-state index is 12.6. The topological polar surface area (TPSA) is 55.4 Å². The van der Waals surface area contributed by atoms with Crippen molar-refractivity contribution in [3.05, 3.63) is 65.2 Å². The van der Waals surface area contributed by atoms with Crippen molar-refractivity contribution in [2.45, 2.75) is 58.4 Å². The quantitative estimate of drug-likeness (QED) is 0.699. The summed E-state index contributed by atoms with van der Waals surface area (Å²) >= 11 is 0. The molecule has 0 aliphatic carbocycles. The highest BCUT2D eigenvalue weighted by atomic mass is 16.5. The molecule has 28 heavy (non-hydrogen) atoms. The number of ketones is 1. The van der Waals surface area contributed by atoms with Crippen molar-refractivity contribution in [1.82, 2.24) is 5.32 Å². The number of rotatable bonds is 7. The molecule has 4 heteroatoms. The number of amides is 1. The van der Waals surface area contributed by atoms with Crippen LogP contribution in [0.3, 0.4) is 0 Å². The molecule has 0 heterocycles. The van der Waals surface area contributed by atoms with Crippen molar-refractivity contribution in [2.24, 2.45) is 0 Å². The van der Waals surface area contributed by atoms with E-state index in [0.29, 0.717) is 5.92 Å². The number of benzene rings is 2. The van der Waals surface area contributed by atoms with Crippen LogP contribution >= 0.6 is 0 Å². The Morgan fingerprint density at radius 1 is 0.893 bits per heavy atom. The monoisotopic (exact) mass is 381 g/mol. The van der Waals surface area contributed by atoms with E-state index < -0.39 is 17.2 Å². The van der Waals surface area contributed by atoms with Crippen LogP contribution in [0.4, 0.5) is 0 Å². The fourth-order valence-corrected chi connectivity index (χ4v) is 3.07. The second-order valence-corrected chi connectivity index (χ2v) is 8.48. The van der Waals surface area contributed by atoms with Crippen molar-refractivity contribution in [1.29, 1.82) is 0 Å². The molecule has 0 aliphatic heterocycles. The van der Waals surface area contributed by atoms with E-state index in [4.69, 9.17) is 4.74 Å². The lowest BCUT2D eigenvalue weighted by molar-refractivity contribution is -0.139. The summed E-state index contributed by atoms with van der Waals surface area (Å²) in [6.07, 6.45) is 0.120. The van der Waals surface area contributed by atoms with E-state index in [1.165, 1.54) is 5.56 Å². The van der Waals surface area contributed by atoms with Crippen LogP contribution in [0, 0.1) is 0 Å². The van der Waals surface area contributed by atoms with Gasteiger partial charge in [0.15, 0.2) is 0 Å². The van der Waals surface area contributed by atoms with Gasteiger partial charge >= 0.3 is 0 Å². The van der Waals surface area contributed by atoms with E-state index in [1.807, 2.05) is 45.0 Å². The number of carbonyl (C=O) groups excluding carboxylic acids is 2. The van der Waals surface area contributed by atoms with Gasteiger partial charge in [0, 0.05) is 17.9 Å². The van der Waals surface area contributed by atoms with Gasteiger partial charge < -0.3 is 10.1 Å². The zero-order valence-corrected chi connectivity index (χ0v) is 17.7. The minimum atomic E-state index is -0.537. The van der Waals surface area contributed by atoms with Crippen LogP contribution in [-0.2, 0) is 9.59 Å². The van der Waals surface area contributed by atoms with Crippen molar-refractivity contribution in [3.63, 3.8) is 0 Å². The highest BCUT2D eigenvalue weighted by Gasteiger charge is 2.25. The highest BCUT2D eigenvalue weighted by molar-refractivity contribution is 6.36. The third-order valence-corrected chi connectivity index (χ3v) is 4.65. The molecule has 1 N–H and O–H groups in total. The molecule has 1 atom stereocenters. The van der Waals surface area contributed by atoms with E-state index in [9.17, 15) is 9.59 Å². The van der Waals surface area contributed by atoms with Gasteiger partial charge in [-0.1, -0.05) is 50.2 Å². The van der Waals surface area contributed by atoms with Crippen LogP contribution in [-0.4, -0.2) is 24.3 Å². The largest absolute Gasteiger partial charge is 0.497 e. The van der Waals surface area contributed by atoms with Gasteiger partial charge in [0.05, 0.1) is 7.11 Å². The third-order valence-electron chi connectivity index (χ3n) is 4.65. The Labute approximate surface area is 168 Å². The molecular formula is C24H31NO3. The molecular weight excluding hydrogens is 350 g/mol. The second kappa shape index (κ2) is 9.05. The molecule has 0 radical (unpaired) electrons. The van der Waals surface area contributed by atoms with Crippen LogP contribution in [0.2, 0.25) is 0 Å². The Hall–Kier alpha value is -2.62. The molecule has 2 aromatic carbocycles. The Balaban J connectivity index is 2.32. The van der Waals surface area contributed by atoms with E-state index in [1.54, 1.807) is 7.11 Å². The highest BCUT2D eigenvalue weighted by Crippen LogP contribution is 2.31. The first-order valence-corrected chi connectivity index (χ1v) is 9.70. The van der Waals surface area contributed by atoms with Crippen LogP contribution in [0.5, 0.6) is 5.75 Å². The first kappa shape index (κ1) is 21.7. The Bertz CT molecular complexity index is 799. The van der Waals surface area contributed by atoms with E-state index >= 15 is 0 Å². The minimum Gasteiger partial charge on any atom is -0.497 e. The van der Waals surface area contributed by atoms with Crippen LogP contribution in [0.25, 0.3) is 0 Å². The van der Waals surface area contributed by atoms with Crippen LogP contribution in [0.15, 0.2) is 48.5 Å². The predicted molar refractivity (Wildman–Crippen MR) is 113 cm³/mol. The average Bonchev–Trinajstić information content (AvgIpc) is 2.64. The normalized spacial score (nSPS) is 12.5. The zero-order valence-electron chi connectivity index (χ0n) is 17.7. The maximum Gasteiger partial charge on any atom is 0.287 e. The van der Waals surface area contributed by atoms with Gasteiger partial charge in [-0.2, -0.15) is 0 Å². The van der Waals surface area contributed by atoms with Gasteiger partial charge in [0.2, 0.25) is 5.78 Å². The van der Waals surface area contributed by atoms with Gasteiger partial charge in [-0.25, -0.2) is 0 Å². The van der Waals surface area contributed by atoms with Gasteiger partial charge in [-0.3, -0.25) is 9.59 Å². The standard InChI is InChI=1S/C24H31NO3/c1-16(2)17-7-9-18(10-8-17)21(19-11-13-20(28-6)14-12-19)15-22(26)23(27)25-24(3,4)5/h7-14,16,21H,15H2,1-6H3,(H,25,27)/t21-/m1/s1. The number of hydrogen-bond donors (Lipinski definition) is 1. The fourth-order valence-electron chi connectivity index (χ4n) is 3.07. The number of methoxy groups -OCH3 is 1. The summed E-state index contributed by atoms with van der Waals surface area (Å²) in [5, 5.41) is 2.76. The van der Waals surface area contributed by atoms with Crippen molar-refractivity contribution in [3.8, 4) is 5.75 Å². The molecule has 2 rings (SSSR count). The number of nitrogens with one attached hydrogen (secondary N) is 1. The minimum absolute atomic E-state index is 0.120. The Kier molecular flexibility index (Phi) is 7.00. The molecule has 0 saturated carbocycles. The lowest BCUT2D eigenvalue weighted by atomic mass is 9.85. The molecule has 2 aromatic rings. The summed E-state index contributed by atoms with van der Waals surface area (Å²) in [5.41, 5.74) is 2.80. The summed E-state index contributed by atoms with van der Waals surface area (Å²) in [5.74, 6) is 0.0565. The van der Waals surface area contributed by atoms with Gasteiger partial charge in [-0.05, 0) is 55.5 Å². The zero-order chi connectivity index (χ0) is 20.9. The molecule has 0 saturated heterocycles. The molecule has 1 amide bonds. The number of hydrogen-bond acceptors (Lipinski definition) is 3. The lowest BCUT2D eigenvalue weighted by Gasteiger charge is -2.22. The van der Waals surface area contributed by atoms with Gasteiger partial charge in [0.1, 0.15) is 5.75 Å². The number of ether oxygens (including phenoxy) is 1. The molecule has 0 unspecified atom stereocenters. The van der Waals surface area contributed by atoms with Crippen molar-refractivity contribution < 1.29 is 14.3 Å². The molecule has 0 aliphatic rings. The van der Waals surface area contributed by atoms with Crippen molar-refractivity contribution >= 4 is 11.7 Å². The summed E-state index contributed by atoms with van der Waals surface area (Å²) in [7, 11) is 1.62. The Morgan fingerprint density at radius 3 is 1.79 bits per heavy atom. The molecule has 0 bridgehead atoms. The number of Topliss-reactive ketones (excluding diaryl/α,β-unsaturated/α-hetero) is 1. The first-order chi connectivity index (χ1) is 13.1. The molecule has 150 valence electrons. The summed E-state index contributed by atoms with van der Waals surface area (Å²) in [6.45, 7) is 9.89. The summed E-state index contributed by atoms with van der Waals surface area (Å²) < 4.78 is 5.24. The lowest BCUT2D eigenvalue weighted by Crippen LogP contribution is -2.44. The fraction of sp³-hybridized carbons (Fsp3) is 0.417. The number of carbonyl (C=O) groups is 2. The van der Waals surface area contributed by atoms with Gasteiger partial charge in [0.25, 0.3) is 5.91 Å². The maximum atomic E-state index is 12.6. The van der Waals surface area contributed by atoms with E-state index in [2.05, 4.69) is 43.4 Å². The van der Waals surface area contributed by atoms with Gasteiger partial charge in [-0.15, -0.1) is 0 Å². The van der Waals surface area contributed by atoms with E-state index in [-0.39, 0.29) is 12.3 Å². The smallest absolute Gasteiger partial charge is 0.287 e. The Morgan fingerprint density at radius 2 is 1.36 bits per heavy atom. The summed E-state index contributed by atoms with van der Waals surface area (Å²) in [6, 6.07) is 16.0. The molecule has 0 fully saturated rings.